The van der Waals surface area contributed by atoms with Gasteiger partial charge in [-0.2, -0.15) is 0 Å². The summed E-state index contributed by atoms with van der Waals surface area (Å²) in [6, 6.07) is 0. The molecule has 2 N–H and O–H groups in total. The molecule has 0 saturated heterocycles. The highest BCUT2D eigenvalue weighted by atomic mass is 127. The molecule has 0 spiro atoms. The average Bonchev–Trinajstić information content (AvgIpc) is 2.94. The number of allylic oxidation sites excluding steroid dienone is 4. The van der Waals surface area contributed by atoms with Gasteiger partial charge < -0.3 is 10.2 Å². The number of hydrogen-bond donors (Lipinski definition) is 2. The van der Waals surface area contributed by atoms with E-state index in [9.17, 15) is 10.2 Å². The summed E-state index contributed by atoms with van der Waals surface area (Å²) >= 11 is 2.34. The molecular weight excluding hydrogens is 435 g/mol. The van der Waals surface area contributed by atoms with E-state index in [0.717, 1.165) is 17.1 Å². The number of aliphatic hydroxyl groups excluding tert-OH is 2. The van der Waals surface area contributed by atoms with E-state index in [1.807, 2.05) is 0 Å². The summed E-state index contributed by atoms with van der Waals surface area (Å²) in [7, 11) is 0. The Morgan fingerprint density at radius 3 is 2.77 bits per heavy atom. The van der Waals surface area contributed by atoms with Crippen molar-refractivity contribution in [2.45, 2.75) is 71.0 Å². The summed E-state index contributed by atoms with van der Waals surface area (Å²) in [5, 5.41) is 20.0. The van der Waals surface area contributed by atoms with Crippen molar-refractivity contribution in [1.82, 2.24) is 0 Å². The first-order chi connectivity index (χ1) is 12.4. The standard InChI is InChI=1S/C23H33IO2/c1-15(10-12-24)20-8-9-21-17(5-4-11-23(20,21)3)6-7-18-13-19(25)14-22(26)16(18)2/h6-7,10,12,15,19-22,25-26H,2,4-5,8-9,11,13-14H2,1,3H3/b12-10+,17-6+,18-7+/t15-,19-,20-,21+,22+,23-/m1/s1. The Labute approximate surface area is 172 Å². The minimum Gasteiger partial charge on any atom is -0.393 e. The molecule has 3 fully saturated rings. The van der Waals surface area contributed by atoms with Gasteiger partial charge in [0.05, 0.1) is 12.2 Å². The van der Waals surface area contributed by atoms with Crippen LogP contribution in [-0.4, -0.2) is 22.4 Å². The molecule has 0 aromatic heterocycles. The Balaban J connectivity index is 1.82. The highest BCUT2D eigenvalue weighted by Gasteiger charge is 2.50. The van der Waals surface area contributed by atoms with Gasteiger partial charge in [0.2, 0.25) is 0 Å². The predicted octanol–water partition coefficient (Wildman–Crippen LogP) is 5.71. The third-order valence-corrected chi connectivity index (χ3v) is 7.73. The molecule has 0 amide bonds. The highest BCUT2D eigenvalue weighted by Crippen LogP contribution is 2.59. The second-order valence-corrected chi connectivity index (χ2v) is 9.56. The zero-order valence-corrected chi connectivity index (χ0v) is 18.3. The molecule has 0 aromatic rings. The van der Waals surface area contributed by atoms with E-state index in [0.29, 0.717) is 30.1 Å². The van der Waals surface area contributed by atoms with Gasteiger partial charge in [-0.3, -0.25) is 0 Å². The quantitative estimate of drug-likeness (QED) is 0.521. The smallest absolute Gasteiger partial charge is 0.0811 e. The van der Waals surface area contributed by atoms with Gasteiger partial charge in [0.25, 0.3) is 0 Å². The van der Waals surface area contributed by atoms with Gasteiger partial charge in [0.1, 0.15) is 0 Å². The van der Waals surface area contributed by atoms with Crippen LogP contribution in [0.25, 0.3) is 0 Å². The van der Waals surface area contributed by atoms with Crippen molar-refractivity contribution >= 4 is 22.6 Å². The second kappa shape index (κ2) is 8.32. The summed E-state index contributed by atoms with van der Waals surface area (Å²) in [6.07, 6.45) is 13.2. The molecule has 3 saturated carbocycles. The summed E-state index contributed by atoms with van der Waals surface area (Å²) in [5.41, 5.74) is 3.78. The molecule has 3 heteroatoms. The van der Waals surface area contributed by atoms with Gasteiger partial charge in [-0.15, -0.1) is 0 Å². The lowest BCUT2D eigenvalue weighted by Crippen LogP contribution is -2.35. The number of halogens is 1. The van der Waals surface area contributed by atoms with Crippen molar-refractivity contribution in [3.63, 3.8) is 0 Å². The van der Waals surface area contributed by atoms with E-state index in [-0.39, 0.29) is 0 Å². The Morgan fingerprint density at radius 1 is 1.27 bits per heavy atom. The molecule has 6 atom stereocenters. The molecule has 26 heavy (non-hydrogen) atoms. The van der Waals surface area contributed by atoms with Crippen LogP contribution >= 0.6 is 22.6 Å². The lowest BCUT2D eigenvalue weighted by Gasteiger charge is -2.44. The van der Waals surface area contributed by atoms with Crippen LogP contribution in [0.15, 0.2) is 45.6 Å². The van der Waals surface area contributed by atoms with Gasteiger partial charge in [-0.05, 0) is 76.9 Å². The van der Waals surface area contributed by atoms with Crippen LogP contribution < -0.4 is 0 Å². The third-order valence-electron chi connectivity index (χ3n) is 7.31. The fraction of sp³-hybridized carbons (Fsp3) is 0.652. The minimum atomic E-state index is -0.600. The Kier molecular flexibility index (Phi) is 6.51. The largest absolute Gasteiger partial charge is 0.393 e. The first kappa shape index (κ1) is 20.3. The van der Waals surface area contributed by atoms with E-state index in [2.05, 4.69) is 65.3 Å². The van der Waals surface area contributed by atoms with Crippen molar-refractivity contribution in [3.8, 4) is 0 Å². The van der Waals surface area contributed by atoms with Crippen LogP contribution in [0.3, 0.4) is 0 Å². The van der Waals surface area contributed by atoms with E-state index in [1.165, 1.54) is 32.1 Å². The van der Waals surface area contributed by atoms with Crippen LogP contribution in [-0.2, 0) is 0 Å². The molecule has 0 heterocycles. The molecule has 0 aliphatic heterocycles. The number of fused-ring (bicyclic) bond motifs is 1. The number of hydrogen-bond acceptors (Lipinski definition) is 2. The maximum atomic E-state index is 10.1. The zero-order chi connectivity index (χ0) is 18.9. The van der Waals surface area contributed by atoms with E-state index in [4.69, 9.17) is 0 Å². The highest BCUT2D eigenvalue weighted by molar-refractivity contribution is 14.1. The first-order valence-corrected chi connectivity index (χ1v) is 11.3. The van der Waals surface area contributed by atoms with Crippen LogP contribution in [0.5, 0.6) is 0 Å². The van der Waals surface area contributed by atoms with E-state index in [1.54, 1.807) is 5.57 Å². The molecule has 0 unspecified atom stereocenters. The van der Waals surface area contributed by atoms with Gasteiger partial charge in [-0.1, -0.05) is 66.8 Å². The lowest BCUT2D eigenvalue weighted by atomic mass is 9.61. The third kappa shape index (κ3) is 3.90. The Bertz CT molecular complexity index is 632. The van der Waals surface area contributed by atoms with Gasteiger partial charge >= 0.3 is 0 Å². The molecule has 3 aliphatic rings. The van der Waals surface area contributed by atoms with Gasteiger partial charge in [0, 0.05) is 6.42 Å². The maximum absolute atomic E-state index is 10.1. The fourth-order valence-corrected chi connectivity index (χ4v) is 6.51. The van der Waals surface area contributed by atoms with E-state index < -0.39 is 12.2 Å². The van der Waals surface area contributed by atoms with Crippen LogP contribution in [0, 0.1) is 23.2 Å². The Morgan fingerprint density at radius 2 is 2.04 bits per heavy atom. The maximum Gasteiger partial charge on any atom is 0.0811 e. The molecule has 3 rings (SSSR count). The molecule has 2 nitrogen and oxygen atoms in total. The van der Waals surface area contributed by atoms with Crippen molar-refractivity contribution in [2.24, 2.45) is 23.2 Å². The number of rotatable bonds is 3. The van der Waals surface area contributed by atoms with Crippen molar-refractivity contribution in [3.05, 3.63) is 45.6 Å². The normalized spacial score (nSPS) is 42.6. The fourth-order valence-electron chi connectivity index (χ4n) is 5.86. The van der Waals surface area contributed by atoms with Crippen molar-refractivity contribution in [1.29, 1.82) is 0 Å². The molecule has 3 aliphatic carbocycles. The topological polar surface area (TPSA) is 40.5 Å². The SMILES string of the molecule is C=C1/C(=C/C=C2\CCC[C@]3(C)[C@@H]([C@H](C)/C=C/I)CC[C@@H]23)C[C@@H](O)C[C@@H]1O. The lowest BCUT2D eigenvalue weighted by molar-refractivity contribution is 0.0862. The second-order valence-electron chi connectivity index (χ2n) is 8.84. The summed E-state index contributed by atoms with van der Waals surface area (Å²) in [4.78, 5) is 0. The van der Waals surface area contributed by atoms with Crippen LogP contribution in [0.4, 0.5) is 0 Å². The molecule has 0 aromatic carbocycles. The number of aliphatic hydroxyl groups is 2. The molecule has 0 bridgehead atoms. The molecule has 144 valence electrons. The molecular formula is C23H33IO2. The van der Waals surface area contributed by atoms with Crippen LogP contribution in [0.1, 0.15) is 58.8 Å². The van der Waals surface area contributed by atoms with Crippen molar-refractivity contribution < 1.29 is 10.2 Å². The van der Waals surface area contributed by atoms with Gasteiger partial charge in [0.15, 0.2) is 0 Å². The van der Waals surface area contributed by atoms with Crippen LogP contribution in [0.2, 0.25) is 0 Å². The monoisotopic (exact) mass is 468 g/mol. The minimum absolute atomic E-state index is 0.404. The van der Waals surface area contributed by atoms with E-state index >= 15 is 0 Å². The summed E-state index contributed by atoms with van der Waals surface area (Å²) < 4.78 is 2.18. The first-order valence-electron chi connectivity index (χ1n) is 10.1. The summed E-state index contributed by atoms with van der Waals surface area (Å²) in [6.45, 7) is 8.93. The van der Waals surface area contributed by atoms with Crippen molar-refractivity contribution in [2.75, 3.05) is 0 Å². The Hall–Kier alpha value is -0.390. The van der Waals surface area contributed by atoms with Gasteiger partial charge in [-0.25, -0.2) is 0 Å². The summed E-state index contributed by atoms with van der Waals surface area (Å²) in [5.74, 6) is 2.08. The average molecular weight is 468 g/mol. The zero-order valence-electron chi connectivity index (χ0n) is 16.1. The predicted molar refractivity (Wildman–Crippen MR) is 117 cm³/mol. The molecule has 0 radical (unpaired) electrons.